The van der Waals surface area contributed by atoms with Crippen molar-refractivity contribution < 1.29 is 13.5 Å². The predicted octanol–water partition coefficient (Wildman–Crippen LogP) is 4.13. The zero-order chi connectivity index (χ0) is 21.9. The van der Waals surface area contributed by atoms with E-state index < -0.39 is 10.0 Å². The summed E-state index contributed by atoms with van der Waals surface area (Å²) in [6.45, 7) is 1.74. The Kier molecular flexibility index (Phi) is 6.74. The summed E-state index contributed by atoms with van der Waals surface area (Å²) in [6, 6.07) is 13.0. The lowest BCUT2D eigenvalue weighted by molar-refractivity contribution is 0.478. The summed E-state index contributed by atoms with van der Waals surface area (Å²) in [5.74, 6) is 0.128. The van der Waals surface area contributed by atoms with Crippen LogP contribution in [0, 0.1) is 0 Å². The van der Waals surface area contributed by atoms with Gasteiger partial charge in [0.25, 0.3) is 0 Å². The van der Waals surface area contributed by atoms with E-state index in [2.05, 4.69) is 15.8 Å². The maximum atomic E-state index is 11.3. The summed E-state index contributed by atoms with van der Waals surface area (Å²) >= 11 is 12.5. The number of halogens is 1. The number of nitrogens with two attached hydrogens (primary N) is 1. The van der Waals surface area contributed by atoms with E-state index in [0.717, 1.165) is 5.56 Å². The van der Waals surface area contributed by atoms with Crippen LogP contribution in [0.25, 0.3) is 10.4 Å². The van der Waals surface area contributed by atoms with Crippen LogP contribution in [0.3, 0.4) is 0 Å². The van der Waals surface area contributed by atoms with Gasteiger partial charge in [0.2, 0.25) is 10.0 Å². The van der Waals surface area contributed by atoms with Crippen molar-refractivity contribution in [3.63, 3.8) is 0 Å². The molecule has 0 aliphatic carbocycles. The van der Waals surface area contributed by atoms with Crippen LogP contribution in [0.1, 0.15) is 12.5 Å². The highest BCUT2D eigenvalue weighted by molar-refractivity contribution is 7.89. The first-order chi connectivity index (χ1) is 14.1. The van der Waals surface area contributed by atoms with Gasteiger partial charge in [-0.1, -0.05) is 23.7 Å². The van der Waals surface area contributed by atoms with Crippen LogP contribution >= 0.6 is 35.2 Å². The number of thiocarbonyl (C=S) groups is 1. The van der Waals surface area contributed by atoms with Crippen molar-refractivity contribution in [2.24, 2.45) is 10.2 Å². The standard InChI is InChI=1S/C19H17ClN4O3S3/c1-11(16-10-29-18(17(16)25)12-2-4-13(20)5-3-12)23-24-19(28)22-14-6-8-15(9-7-14)30(21,26)27/h2-10,25H,1H3,(H2,21,26,27)(H2,22,24,28). The number of sulfonamides is 1. The second-order valence-corrected chi connectivity index (χ2v) is 9.45. The number of rotatable bonds is 5. The molecule has 0 saturated carbocycles. The van der Waals surface area contributed by atoms with Gasteiger partial charge in [0, 0.05) is 16.1 Å². The Morgan fingerprint density at radius 1 is 1.17 bits per heavy atom. The first-order valence-electron chi connectivity index (χ1n) is 8.46. The average Bonchev–Trinajstić information content (AvgIpc) is 3.08. The predicted molar refractivity (Wildman–Crippen MR) is 126 cm³/mol. The van der Waals surface area contributed by atoms with Crippen LogP contribution in [0.2, 0.25) is 5.02 Å². The van der Waals surface area contributed by atoms with Gasteiger partial charge >= 0.3 is 0 Å². The summed E-state index contributed by atoms with van der Waals surface area (Å²) in [7, 11) is -3.75. The van der Waals surface area contributed by atoms with E-state index in [4.69, 9.17) is 29.0 Å². The quantitative estimate of drug-likeness (QED) is 0.248. The molecule has 3 aromatic rings. The van der Waals surface area contributed by atoms with Gasteiger partial charge in [-0.2, -0.15) is 5.10 Å². The van der Waals surface area contributed by atoms with Crippen molar-refractivity contribution in [2.45, 2.75) is 11.8 Å². The molecule has 0 amide bonds. The van der Waals surface area contributed by atoms with Gasteiger partial charge in [0.05, 0.1) is 21.0 Å². The van der Waals surface area contributed by atoms with E-state index in [-0.39, 0.29) is 15.8 Å². The zero-order valence-electron chi connectivity index (χ0n) is 15.6. The van der Waals surface area contributed by atoms with Crippen molar-refractivity contribution in [1.29, 1.82) is 0 Å². The minimum atomic E-state index is -3.75. The second-order valence-electron chi connectivity index (χ2n) is 6.17. The van der Waals surface area contributed by atoms with Crippen molar-refractivity contribution >= 4 is 61.7 Å². The van der Waals surface area contributed by atoms with Gasteiger partial charge in [-0.05, 0) is 61.1 Å². The number of benzene rings is 2. The first-order valence-corrected chi connectivity index (χ1v) is 11.7. The lowest BCUT2D eigenvalue weighted by Gasteiger charge is -2.08. The van der Waals surface area contributed by atoms with E-state index in [0.29, 0.717) is 26.9 Å². The molecule has 0 bridgehead atoms. The van der Waals surface area contributed by atoms with Crippen LogP contribution in [-0.4, -0.2) is 24.3 Å². The third-order valence-electron chi connectivity index (χ3n) is 4.03. The highest BCUT2D eigenvalue weighted by Crippen LogP contribution is 2.38. The Labute approximate surface area is 188 Å². The average molecular weight is 481 g/mol. The Morgan fingerprint density at radius 3 is 2.40 bits per heavy atom. The summed E-state index contributed by atoms with van der Waals surface area (Å²) in [5, 5.41) is 25.4. The van der Waals surface area contributed by atoms with Crippen LogP contribution < -0.4 is 15.9 Å². The number of aromatic hydroxyl groups is 1. The molecule has 1 heterocycles. The third kappa shape index (κ3) is 5.35. The number of primary sulfonamides is 1. The number of thiophene rings is 1. The van der Waals surface area contributed by atoms with Gasteiger partial charge in [0.1, 0.15) is 5.75 Å². The first kappa shape index (κ1) is 22.2. The number of nitrogens with zero attached hydrogens (tertiary/aromatic N) is 1. The fourth-order valence-corrected chi connectivity index (χ4v) is 4.31. The molecule has 0 spiro atoms. The molecule has 30 heavy (non-hydrogen) atoms. The van der Waals surface area contributed by atoms with Crippen molar-refractivity contribution in [3.8, 4) is 16.2 Å². The van der Waals surface area contributed by atoms with Gasteiger partial charge in [0.15, 0.2) is 5.11 Å². The fourth-order valence-electron chi connectivity index (χ4n) is 2.50. The third-order valence-corrected chi connectivity index (χ3v) is 6.42. The highest BCUT2D eigenvalue weighted by atomic mass is 35.5. The summed E-state index contributed by atoms with van der Waals surface area (Å²) in [5.41, 5.74) is 5.24. The number of hydrogen-bond donors (Lipinski definition) is 4. The normalized spacial score (nSPS) is 11.9. The molecule has 3 rings (SSSR count). The van der Waals surface area contributed by atoms with Crippen LogP contribution in [0.15, 0.2) is 63.9 Å². The maximum Gasteiger partial charge on any atom is 0.238 e. The monoisotopic (exact) mass is 480 g/mol. The number of hydrogen-bond acceptors (Lipinski definition) is 6. The highest BCUT2D eigenvalue weighted by Gasteiger charge is 2.15. The summed E-state index contributed by atoms with van der Waals surface area (Å²) in [4.78, 5) is 0.720. The molecule has 0 atom stereocenters. The molecule has 11 heteroatoms. The molecule has 1 aromatic heterocycles. The minimum Gasteiger partial charge on any atom is -0.506 e. The molecule has 0 fully saturated rings. The molecule has 156 valence electrons. The second kappa shape index (κ2) is 9.11. The van der Waals surface area contributed by atoms with Crippen molar-refractivity contribution in [2.75, 3.05) is 5.32 Å². The van der Waals surface area contributed by atoms with E-state index in [1.807, 2.05) is 17.5 Å². The van der Waals surface area contributed by atoms with E-state index >= 15 is 0 Å². The lowest BCUT2D eigenvalue weighted by Crippen LogP contribution is -2.25. The van der Waals surface area contributed by atoms with Gasteiger partial charge in [-0.25, -0.2) is 13.6 Å². The molecule has 7 nitrogen and oxygen atoms in total. The van der Waals surface area contributed by atoms with Crippen LogP contribution in [-0.2, 0) is 10.0 Å². The largest absolute Gasteiger partial charge is 0.506 e. The molecule has 0 saturated heterocycles. The Morgan fingerprint density at radius 2 is 1.80 bits per heavy atom. The maximum absolute atomic E-state index is 11.3. The Bertz CT molecular complexity index is 1200. The topological polar surface area (TPSA) is 117 Å². The number of anilines is 1. The van der Waals surface area contributed by atoms with E-state index in [9.17, 15) is 13.5 Å². The number of nitrogens with one attached hydrogen (secondary N) is 2. The molecule has 2 aromatic carbocycles. The van der Waals surface area contributed by atoms with Crippen LogP contribution in [0.4, 0.5) is 5.69 Å². The molecule has 0 unspecified atom stereocenters. The fraction of sp³-hybridized carbons (Fsp3) is 0.0526. The van der Waals surface area contributed by atoms with Gasteiger partial charge in [-0.3, -0.25) is 5.43 Å². The SMILES string of the molecule is CC(=NNC(=S)Nc1ccc(S(N)(=O)=O)cc1)c1csc(-c2ccc(Cl)cc2)c1O. The van der Waals surface area contributed by atoms with E-state index in [1.54, 1.807) is 19.1 Å². The summed E-state index contributed by atoms with van der Waals surface area (Å²) in [6.07, 6.45) is 0. The zero-order valence-corrected chi connectivity index (χ0v) is 18.8. The molecular formula is C19H17ClN4O3S3. The number of hydrazone groups is 1. The molecule has 0 aliphatic rings. The molecule has 0 aliphatic heterocycles. The minimum absolute atomic E-state index is 0.00483. The van der Waals surface area contributed by atoms with Gasteiger partial charge < -0.3 is 10.4 Å². The van der Waals surface area contributed by atoms with E-state index in [1.165, 1.54) is 35.6 Å². The molecule has 5 N–H and O–H groups in total. The Balaban J connectivity index is 1.67. The van der Waals surface area contributed by atoms with Gasteiger partial charge in [-0.15, -0.1) is 11.3 Å². The lowest BCUT2D eigenvalue weighted by atomic mass is 10.1. The van der Waals surface area contributed by atoms with Crippen molar-refractivity contribution in [1.82, 2.24) is 5.43 Å². The molecular weight excluding hydrogens is 464 g/mol. The van der Waals surface area contributed by atoms with Crippen LogP contribution in [0.5, 0.6) is 5.75 Å². The molecule has 0 radical (unpaired) electrons. The summed E-state index contributed by atoms with van der Waals surface area (Å²) < 4.78 is 22.6. The Hall–Kier alpha value is -2.50. The smallest absolute Gasteiger partial charge is 0.238 e. The van der Waals surface area contributed by atoms with Crippen molar-refractivity contribution in [3.05, 3.63) is 64.5 Å².